The Morgan fingerprint density at radius 2 is 1.71 bits per heavy atom. The quantitative estimate of drug-likeness (QED) is 0.638. The highest BCUT2D eigenvalue weighted by atomic mass is 32.1. The van der Waals surface area contributed by atoms with Gasteiger partial charge in [0.1, 0.15) is 5.75 Å². The zero-order valence-electron chi connectivity index (χ0n) is 9.17. The van der Waals surface area contributed by atoms with Gasteiger partial charge in [0.15, 0.2) is 0 Å². The highest BCUT2D eigenvalue weighted by Gasteiger charge is 2.14. The summed E-state index contributed by atoms with van der Waals surface area (Å²) in [5.41, 5.74) is 1.31. The molecule has 0 N–H and O–H groups in total. The maximum atomic E-state index is 5.40. The lowest BCUT2D eigenvalue weighted by molar-refractivity contribution is 0.418. The number of rotatable bonds is 3. The molecular weight excluding hydrogens is 268 g/mol. The molecule has 17 heavy (non-hydrogen) atoms. The maximum absolute atomic E-state index is 5.40. The molecule has 3 rings (SSSR count). The van der Waals surface area contributed by atoms with Crippen LogP contribution in [-0.2, 0) is 0 Å². The van der Waals surface area contributed by atoms with Crippen LogP contribution in [0.2, 0.25) is 0 Å². The summed E-state index contributed by atoms with van der Waals surface area (Å²) in [6.07, 6.45) is 0. The molecule has 0 saturated heterocycles. The van der Waals surface area contributed by atoms with Gasteiger partial charge in [-0.15, -0.1) is 34.0 Å². The molecule has 0 radical (unpaired) electrons. The van der Waals surface area contributed by atoms with Crippen molar-refractivity contribution in [2.45, 2.75) is 0 Å². The van der Waals surface area contributed by atoms with Gasteiger partial charge < -0.3 is 4.74 Å². The molecule has 0 aliphatic rings. The minimum absolute atomic E-state index is 0.968. The van der Waals surface area contributed by atoms with Crippen molar-refractivity contribution in [2.24, 2.45) is 0 Å². The van der Waals surface area contributed by atoms with E-state index in [1.807, 2.05) is 6.07 Å². The fraction of sp³-hybridized carbons (Fsp3) is 0.0769. The van der Waals surface area contributed by atoms with Gasteiger partial charge in [-0.1, -0.05) is 6.07 Å². The Bertz CT molecular complexity index is 604. The molecule has 0 atom stereocenters. The molecule has 0 bridgehead atoms. The van der Waals surface area contributed by atoms with E-state index in [2.05, 4.69) is 34.3 Å². The predicted molar refractivity (Wildman–Crippen MR) is 77.5 cm³/mol. The van der Waals surface area contributed by atoms with Gasteiger partial charge in [-0.05, 0) is 34.3 Å². The third-order valence-corrected chi connectivity index (χ3v) is 5.38. The summed E-state index contributed by atoms with van der Waals surface area (Å²) >= 11 is 5.28. The van der Waals surface area contributed by atoms with Crippen molar-refractivity contribution in [3.63, 3.8) is 0 Å². The average Bonchev–Trinajstić information content (AvgIpc) is 3.09. The van der Waals surface area contributed by atoms with Crippen LogP contribution in [-0.4, -0.2) is 7.11 Å². The smallest absolute Gasteiger partial charge is 0.138 e. The van der Waals surface area contributed by atoms with Gasteiger partial charge in [0.05, 0.1) is 16.9 Å². The molecule has 0 aromatic carbocycles. The van der Waals surface area contributed by atoms with Crippen LogP contribution < -0.4 is 4.74 Å². The van der Waals surface area contributed by atoms with E-state index in [-0.39, 0.29) is 0 Å². The van der Waals surface area contributed by atoms with Crippen LogP contribution in [0.1, 0.15) is 0 Å². The molecular formula is C13H10OS3. The fourth-order valence-corrected chi connectivity index (χ4v) is 4.51. The third-order valence-electron chi connectivity index (χ3n) is 2.51. The van der Waals surface area contributed by atoms with Gasteiger partial charge in [-0.3, -0.25) is 0 Å². The molecule has 3 aromatic heterocycles. The largest absolute Gasteiger partial charge is 0.495 e. The van der Waals surface area contributed by atoms with Crippen LogP contribution >= 0.6 is 34.0 Å². The zero-order valence-corrected chi connectivity index (χ0v) is 11.6. The lowest BCUT2D eigenvalue weighted by atomic mass is 10.2. The molecule has 0 unspecified atom stereocenters. The highest BCUT2D eigenvalue weighted by molar-refractivity contribution is 7.21. The van der Waals surface area contributed by atoms with Crippen LogP contribution in [0.4, 0.5) is 0 Å². The van der Waals surface area contributed by atoms with E-state index in [4.69, 9.17) is 4.74 Å². The Balaban J connectivity index is 2.14. The standard InChI is InChI=1S/C13H10OS3/c1-14-10-5-8-17-13(10)12-9(4-7-16-12)11-3-2-6-15-11/h2-8H,1H3. The Morgan fingerprint density at radius 1 is 0.882 bits per heavy atom. The molecule has 86 valence electrons. The van der Waals surface area contributed by atoms with E-state index in [1.54, 1.807) is 41.1 Å². The van der Waals surface area contributed by atoms with Crippen molar-refractivity contribution >= 4 is 34.0 Å². The first kappa shape index (κ1) is 11.0. The second kappa shape index (κ2) is 4.64. The Kier molecular flexibility index (Phi) is 3.01. The van der Waals surface area contributed by atoms with Crippen molar-refractivity contribution in [2.75, 3.05) is 7.11 Å². The van der Waals surface area contributed by atoms with Gasteiger partial charge in [-0.2, -0.15) is 0 Å². The van der Waals surface area contributed by atoms with Crippen molar-refractivity contribution < 1.29 is 4.74 Å². The summed E-state index contributed by atoms with van der Waals surface area (Å²) in [6.45, 7) is 0. The van der Waals surface area contributed by atoms with Crippen LogP contribution in [0.3, 0.4) is 0 Å². The van der Waals surface area contributed by atoms with Crippen LogP contribution in [0.5, 0.6) is 5.75 Å². The Labute approximate surface area is 112 Å². The molecule has 0 aliphatic carbocycles. The monoisotopic (exact) mass is 278 g/mol. The van der Waals surface area contributed by atoms with Crippen LogP contribution in [0.25, 0.3) is 20.2 Å². The third kappa shape index (κ3) is 1.92. The number of hydrogen-bond acceptors (Lipinski definition) is 4. The summed E-state index contributed by atoms with van der Waals surface area (Å²) < 4.78 is 5.40. The minimum atomic E-state index is 0.968. The summed E-state index contributed by atoms with van der Waals surface area (Å²) in [6, 6.07) is 8.46. The summed E-state index contributed by atoms with van der Waals surface area (Å²) in [7, 11) is 1.73. The van der Waals surface area contributed by atoms with Crippen molar-refractivity contribution in [1.29, 1.82) is 0 Å². The SMILES string of the molecule is COc1ccsc1-c1sccc1-c1cccs1. The molecule has 3 heterocycles. The molecule has 0 fully saturated rings. The Morgan fingerprint density at radius 3 is 2.47 bits per heavy atom. The maximum Gasteiger partial charge on any atom is 0.138 e. The highest BCUT2D eigenvalue weighted by Crippen LogP contribution is 2.45. The lowest BCUT2D eigenvalue weighted by Gasteiger charge is -2.02. The molecule has 0 spiro atoms. The van der Waals surface area contributed by atoms with Crippen molar-refractivity contribution in [1.82, 2.24) is 0 Å². The molecule has 0 aliphatic heterocycles. The molecule has 3 aromatic rings. The fourth-order valence-electron chi connectivity index (χ4n) is 1.73. The minimum Gasteiger partial charge on any atom is -0.495 e. The van der Waals surface area contributed by atoms with Gasteiger partial charge in [0.25, 0.3) is 0 Å². The summed E-state index contributed by atoms with van der Waals surface area (Å²) in [4.78, 5) is 3.85. The van der Waals surface area contributed by atoms with Crippen molar-refractivity contribution in [3.05, 3.63) is 40.4 Å². The molecule has 4 heteroatoms. The number of hydrogen-bond donors (Lipinski definition) is 0. The second-order valence-electron chi connectivity index (χ2n) is 3.46. The van der Waals surface area contributed by atoms with E-state index in [1.165, 1.54) is 20.2 Å². The normalized spacial score (nSPS) is 10.6. The first-order chi connectivity index (χ1) is 8.40. The van der Waals surface area contributed by atoms with E-state index in [9.17, 15) is 0 Å². The van der Waals surface area contributed by atoms with Gasteiger partial charge in [-0.25, -0.2) is 0 Å². The van der Waals surface area contributed by atoms with E-state index < -0.39 is 0 Å². The van der Waals surface area contributed by atoms with Crippen LogP contribution in [0, 0.1) is 0 Å². The van der Waals surface area contributed by atoms with Gasteiger partial charge in [0.2, 0.25) is 0 Å². The van der Waals surface area contributed by atoms with Crippen molar-refractivity contribution in [3.8, 4) is 25.9 Å². The summed E-state index contributed by atoms with van der Waals surface area (Å²) in [5, 5.41) is 6.33. The number of thiophene rings is 3. The van der Waals surface area contributed by atoms with E-state index >= 15 is 0 Å². The first-order valence-electron chi connectivity index (χ1n) is 5.13. The molecule has 0 saturated carbocycles. The van der Waals surface area contributed by atoms with Gasteiger partial charge >= 0.3 is 0 Å². The number of methoxy groups -OCH3 is 1. The summed E-state index contributed by atoms with van der Waals surface area (Å²) in [5.74, 6) is 0.968. The molecule has 1 nitrogen and oxygen atoms in total. The first-order valence-corrected chi connectivity index (χ1v) is 7.77. The second-order valence-corrected chi connectivity index (χ2v) is 6.24. The lowest BCUT2D eigenvalue weighted by Crippen LogP contribution is -1.81. The predicted octanol–water partition coefficient (Wildman–Crippen LogP) is 5.21. The average molecular weight is 278 g/mol. The number of ether oxygens (including phenoxy) is 1. The topological polar surface area (TPSA) is 9.23 Å². The molecule has 0 amide bonds. The van der Waals surface area contributed by atoms with Gasteiger partial charge in [0, 0.05) is 10.4 Å². The van der Waals surface area contributed by atoms with Crippen LogP contribution in [0.15, 0.2) is 40.4 Å². The van der Waals surface area contributed by atoms with E-state index in [0.29, 0.717) is 0 Å². The van der Waals surface area contributed by atoms with E-state index in [0.717, 1.165) is 5.75 Å². The Hall–Kier alpha value is -1.10. The zero-order chi connectivity index (χ0) is 11.7.